The second-order valence-electron chi connectivity index (χ2n) is 5.97. The largest absolute Gasteiger partial charge is 0.493 e. The predicted molar refractivity (Wildman–Crippen MR) is 75.4 cm³/mol. The highest BCUT2D eigenvalue weighted by Crippen LogP contribution is 2.32. The molecule has 2 rings (SSSR count). The van der Waals surface area contributed by atoms with E-state index in [1.54, 1.807) is 0 Å². The molecule has 1 aliphatic heterocycles. The zero-order chi connectivity index (χ0) is 13.9. The van der Waals surface area contributed by atoms with Gasteiger partial charge in [-0.05, 0) is 26.8 Å². The molecule has 1 amide bonds. The van der Waals surface area contributed by atoms with Crippen LogP contribution in [0.25, 0.3) is 0 Å². The van der Waals surface area contributed by atoms with Gasteiger partial charge in [-0.25, -0.2) is 0 Å². The first kappa shape index (κ1) is 13.9. The summed E-state index contributed by atoms with van der Waals surface area (Å²) in [7, 11) is 0. The Morgan fingerprint density at radius 1 is 1.37 bits per heavy atom. The van der Waals surface area contributed by atoms with E-state index in [1.807, 2.05) is 39.0 Å². The van der Waals surface area contributed by atoms with Crippen molar-refractivity contribution in [3.05, 3.63) is 29.8 Å². The van der Waals surface area contributed by atoms with E-state index in [2.05, 4.69) is 16.7 Å². The molecule has 0 spiro atoms. The minimum absolute atomic E-state index is 0.0275. The Balaban J connectivity index is 1.77. The molecule has 19 heavy (non-hydrogen) atoms. The molecule has 0 aliphatic carbocycles. The van der Waals surface area contributed by atoms with Crippen LogP contribution in [0.5, 0.6) is 5.75 Å². The average molecular weight is 262 g/mol. The molecule has 1 atom stereocenters. The zero-order valence-electron chi connectivity index (χ0n) is 11.8. The van der Waals surface area contributed by atoms with Crippen LogP contribution in [0.1, 0.15) is 32.3 Å². The number of rotatable bonds is 4. The lowest BCUT2D eigenvalue weighted by Crippen LogP contribution is -2.45. The van der Waals surface area contributed by atoms with Crippen molar-refractivity contribution in [2.75, 3.05) is 19.7 Å². The zero-order valence-corrected chi connectivity index (χ0v) is 11.8. The van der Waals surface area contributed by atoms with Crippen molar-refractivity contribution >= 4 is 5.91 Å². The highest BCUT2D eigenvalue weighted by atomic mass is 16.5. The monoisotopic (exact) mass is 262 g/mol. The maximum Gasteiger partial charge on any atom is 0.234 e. The SMILES string of the molecule is CC(C)(C)NC(=O)CNCC1COc2ccccc21. The lowest BCUT2D eigenvalue weighted by molar-refractivity contribution is -0.121. The normalized spacial score (nSPS) is 17.7. The van der Waals surface area contributed by atoms with Crippen LogP contribution in [0.2, 0.25) is 0 Å². The highest BCUT2D eigenvalue weighted by Gasteiger charge is 2.23. The third kappa shape index (κ3) is 3.96. The van der Waals surface area contributed by atoms with Crippen molar-refractivity contribution in [3.63, 3.8) is 0 Å². The van der Waals surface area contributed by atoms with Gasteiger partial charge < -0.3 is 15.4 Å². The predicted octanol–water partition coefficient (Wildman–Crippen LogP) is 1.67. The van der Waals surface area contributed by atoms with Crippen LogP contribution in [0.4, 0.5) is 0 Å². The van der Waals surface area contributed by atoms with E-state index in [0.29, 0.717) is 19.1 Å². The van der Waals surface area contributed by atoms with Gasteiger partial charge in [0.25, 0.3) is 0 Å². The van der Waals surface area contributed by atoms with Crippen LogP contribution in [0.15, 0.2) is 24.3 Å². The van der Waals surface area contributed by atoms with Crippen LogP contribution >= 0.6 is 0 Å². The number of hydrogen-bond donors (Lipinski definition) is 2. The number of carbonyl (C=O) groups excluding carboxylic acids is 1. The molecular weight excluding hydrogens is 240 g/mol. The molecule has 1 aromatic rings. The Morgan fingerprint density at radius 3 is 2.84 bits per heavy atom. The Labute approximate surface area is 114 Å². The maximum atomic E-state index is 11.7. The minimum atomic E-state index is -0.179. The van der Waals surface area contributed by atoms with Crippen LogP contribution in [-0.2, 0) is 4.79 Å². The first-order valence-corrected chi connectivity index (χ1v) is 6.69. The van der Waals surface area contributed by atoms with Crippen LogP contribution in [-0.4, -0.2) is 31.1 Å². The van der Waals surface area contributed by atoms with Gasteiger partial charge in [0.15, 0.2) is 0 Å². The fourth-order valence-electron chi connectivity index (χ4n) is 2.22. The Bertz CT molecular complexity index is 452. The third-order valence-electron chi connectivity index (χ3n) is 2.99. The number of fused-ring (bicyclic) bond motifs is 1. The van der Waals surface area contributed by atoms with Crippen molar-refractivity contribution in [1.29, 1.82) is 0 Å². The second-order valence-corrected chi connectivity index (χ2v) is 5.97. The van der Waals surface area contributed by atoms with Gasteiger partial charge in [-0.3, -0.25) is 4.79 Å². The number of nitrogens with one attached hydrogen (secondary N) is 2. The number of amides is 1. The molecule has 0 aromatic heterocycles. The minimum Gasteiger partial charge on any atom is -0.493 e. The number of ether oxygens (including phenoxy) is 1. The molecule has 104 valence electrons. The topological polar surface area (TPSA) is 50.4 Å². The molecule has 1 heterocycles. The summed E-state index contributed by atoms with van der Waals surface area (Å²) in [6, 6.07) is 8.07. The maximum absolute atomic E-state index is 11.7. The summed E-state index contributed by atoms with van der Waals surface area (Å²) in [5.41, 5.74) is 1.05. The fourth-order valence-corrected chi connectivity index (χ4v) is 2.22. The van der Waals surface area contributed by atoms with Gasteiger partial charge in [0.05, 0.1) is 13.2 Å². The molecule has 1 aliphatic rings. The Hall–Kier alpha value is -1.55. The van der Waals surface area contributed by atoms with Crippen molar-refractivity contribution in [2.45, 2.75) is 32.2 Å². The molecule has 0 saturated heterocycles. The molecular formula is C15H22N2O2. The molecule has 4 heteroatoms. The van der Waals surface area contributed by atoms with Gasteiger partial charge in [-0.15, -0.1) is 0 Å². The number of carbonyl (C=O) groups is 1. The van der Waals surface area contributed by atoms with Gasteiger partial charge in [0, 0.05) is 23.6 Å². The van der Waals surface area contributed by atoms with Crippen molar-refractivity contribution in [3.8, 4) is 5.75 Å². The summed E-state index contributed by atoms with van der Waals surface area (Å²) in [5.74, 6) is 1.33. The first-order valence-electron chi connectivity index (χ1n) is 6.69. The van der Waals surface area contributed by atoms with E-state index in [4.69, 9.17) is 4.74 Å². The lowest BCUT2D eigenvalue weighted by Gasteiger charge is -2.20. The standard InChI is InChI=1S/C15H22N2O2/c1-15(2,3)17-14(18)9-16-8-11-10-19-13-7-5-4-6-12(11)13/h4-7,11,16H,8-10H2,1-3H3,(H,17,18). The Kier molecular flexibility index (Phi) is 4.10. The molecule has 1 aromatic carbocycles. The van der Waals surface area contributed by atoms with E-state index in [0.717, 1.165) is 12.3 Å². The quantitative estimate of drug-likeness (QED) is 0.868. The van der Waals surface area contributed by atoms with Crippen molar-refractivity contribution in [1.82, 2.24) is 10.6 Å². The molecule has 0 saturated carbocycles. The van der Waals surface area contributed by atoms with E-state index in [9.17, 15) is 4.79 Å². The van der Waals surface area contributed by atoms with Crippen LogP contribution < -0.4 is 15.4 Å². The van der Waals surface area contributed by atoms with E-state index in [-0.39, 0.29) is 11.4 Å². The molecule has 1 unspecified atom stereocenters. The smallest absolute Gasteiger partial charge is 0.234 e. The Morgan fingerprint density at radius 2 is 2.11 bits per heavy atom. The average Bonchev–Trinajstić information content (AvgIpc) is 2.70. The third-order valence-corrected chi connectivity index (χ3v) is 2.99. The number of benzene rings is 1. The first-order chi connectivity index (χ1) is 8.96. The van der Waals surface area contributed by atoms with E-state index < -0.39 is 0 Å². The molecule has 0 fully saturated rings. The second kappa shape index (κ2) is 5.61. The van der Waals surface area contributed by atoms with E-state index >= 15 is 0 Å². The highest BCUT2D eigenvalue weighted by molar-refractivity contribution is 5.78. The summed E-state index contributed by atoms with van der Waals surface area (Å²) >= 11 is 0. The lowest BCUT2D eigenvalue weighted by atomic mass is 10.0. The molecule has 0 radical (unpaired) electrons. The summed E-state index contributed by atoms with van der Waals surface area (Å²) in [5, 5.41) is 6.13. The number of para-hydroxylation sites is 1. The van der Waals surface area contributed by atoms with Crippen molar-refractivity contribution in [2.24, 2.45) is 0 Å². The summed E-state index contributed by atoms with van der Waals surface area (Å²) in [6.07, 6.45) is 0. The van der Waals surface area contributed by atoms with Crippen LogP contribution in [0, 0.1) is 0 Å². The van der Waals surface area contributed by atoms with Gasteiger partial charge in [-0.2, -0.15) is 0 Å². The van der Waals surface area contributed by atoms with Gasteiger partial charge >= 0.3 is 0 Å². The van der Waals surface area contributed by atoms with E-state index in [1.165, 1.54) is 5.56 Å². The van der Waals surface area contributed by atoms with Gasteiger partial charge in [-0.1, -0.05) is 18.2 Å². The van der Waals surface area contributed by atoms with Gasteiger partial charge in [0.1, 0.15) is 5.75 Å². The molecule has 4 nitrogen and oxygen atoms in total. The van der Waals surface area contributed by atoms with Gasteiger partial charge in [0.2, 0.25) is 5.91 Å². The summed E-state index contributed by atoms with van der Waals surface area (Å²) < 4.78 is 5.61. The fraction of sp³-hybridized carbons (Fsp3) is 0.533. The molecule has 0 bridgehead atoms. The van der Waals surface area contributed by atoms with Crippen LogP contribution in [0.3, 0.4) is 0 Å². The molecule has 2 N–H and O–H groups in total. The summed E-state index contributed by atoms with van der Waals surface area (Å²) in [4.78, 5) is 11.7. The van der Waals surface area contributed by atoms with Crippen molar-refractivity contribution < 1.29 is 9.53 Å². The number of hydrogen-bond acceptors (Lipinski definition) is 3. The summed E-state index contributed by atoms with van der Waals surface area (Å²) in [6.45, 7) is 7.72.